The molecule has 0 atom stereocenters. The van der Waals surface area contributed by atoms with Crippen molar-refractivity contribution >= 4 is 11.6 Å². The van der Waals surface area contributed by atoms with Crippen molar-refractivity contribution in [2.24, 2.45) is 10.4 Å². The normalized spacial score (nSPS) is 23.4. The first-order valence-electron chi connectivity index (χ1n) is 11.7. The van der Waals surface area contributed by atoms with Crippen LogP contribution in [0.3, 0.4) is 0 Å². The van der Waals surface area contributed by atoms with E-state index in [-0.39, 0.29) is 10.8 Å². The van der Waals surface area contributed by atoms with E-state index in [4.69, 9.17) is 0 Å². The minimum absolute atomic E-state index is 0.262. The second kappa shape index (κ2) is 7.11. The Hall–Kier alpha value is -2.82. The molecular weight excluding hydrogens is 384 g/mol. The lowest BCUT2D eigenvalue weighted by atomic mass is 9.93. The second-order valence-electron chi connectivity index (χ2n) is 9.84. The number of amides is 1. The molecule has 3 fully saturated rings. The highest BCUT2D eigenvalue weighted by Gasteiger charge is 2.55. The lowest BCUT2D eigenvalue weighted by molar-refractivity contribution is -0.134. The highest BCUT2D eigenvalue weighted by atomic mass is 16.2. The Morgan fingerprint density at radius 3 is 2.61 bits per heavy atom. The van der Waals surface area contributed by atoms with Crippen LogP contribution in [0.15, 0.2) is 59.9 Å². The van der Waals surface area contributed by atoms with E-state index in [1.165, 1.54) is 29.3 Å². The topological polar surface area (TPSA) is 51.7 Å². The van der Waals surface area contributed by atoms with E-state index in [9.17, 15) is 4.79 Å². The summed E-state index contributed by atoms with van der Waals surface area (Å²) in [4.78, 5) is 26.4. The number of carbonyl (C=O) groups excluding carboxylic acids is 1. The van der Waals surface area contributed by atoms with Crippen LogP contribution in [0.4, 0.5) is 0 Å². The molecule has 160 valence electrons. The number of H-pyrrole nitrogens is 1. The predicted molar refractivity (Wildman–Crippen MR) is 121 cm³/mol. The number of aromatic nitrogens is 1. The van der Waals surface area contributed by atoms with E-state index >= 15 is 0 Å². The molecule has 2 aromatic rings. The highest BCUT2D eigenvalue weighted by Crippen LogP contribution is 2.52. The molecule has 1 N–H and O–H groups in total. The Morgan fingerprint density at radius 2 is 1.84 bits per heavy atom. The number of aromatic amines is 1. The van der Waals surface area contributed by atoms with Gasteiger partial charge in [0.15, 0.2) is 0 Å². The Balaban J connectivity index is 1.30. The zero-order valence-corrected chi connectivity index (χ0v) is 18.0. The van der Waals surface area contributed by atoms with Crippen molar-refractivity contribution in [1.29, 1.82) is 0 Å². The Bertz CT molecular complexity index is 1140. The summed E-state index contributed by atoms with van der Waals surface area (Å²) in [6.45, 7) is 3.68. The number of nitrogens with zero attached hydrogens (tertiary/aromatic N) is 3. The molecule has 1 aromatic heterocycles. The van der Waals surface area contributed by atoms with E-state index in [1.54, 1.807) is 0 Å². The third kappa shape index (κ3) is 3.31. The molecule has 2 aliphatic heterocycles. The maximum Gasteiger partial charge on any atom is 0.233 e. The minimum Gasteiger partial charge on any atom is -0.372 e. The average molecular weight is 415 g/mol. The number of nitrogens with one attached hydrogen (secondary N) is 1. The van der Waals surface area contributed by atoms with E-state index in [1.807, 2.05) is 18.5 Å². The lowest BCUT2D eigenvalue weighted by Crippen LogP contribution is -2.43. The summed E-state index contributed by atoms with van der Waals surface area (Å²) in [7, 11) is 0. The third-order valence-corrected chi connectivity index (χ3v) is 7.70. The van der Waals surface area contributed by atoms with Gasteiger partial charge in [-0.15, -0.1) is 0 Å². The summed E-state index contributed by atoms with van der Waals surface area (Å²) in [5.41, 5.74) is 3.53. The molecule has 5 heteroatoms. The van der Waals surface area contributed by atoms with E-state index in [0.29, 0.717) is 5.91 Å². The van der Waals surface area contributed by atoms with Gasteiger partial charge in [0.2, 0.25) is 5.91 Å². The fraction of sp³-hybridized carbons (Fsp3) is 0.462. The maximum absolute atomic E-state index is 13.8. The molecule has 0 radical (unpaired) electrons. The van der Waals surface area contributed by atoms with Gasteiger partial charge in [-0.25, -0.2) is 4.99 Å². The monoisotopic (exact) mass is 414 g/mol. The van der Waals surface area contributed by atoms with Crippen molar-refractivity contribution < 1.29 is 4.79 Å². The molecule has 5 nitrogen and oxygen atoms in total. The summed E-state index contributed by atoms with van der Waals surface area (Å²) in [5.74, 6) is 0.356. The SMILES string of the molecule is O=C(N1CCN(C2=c3cc[nH]c3=NC=CCC2)CC2(CC2)C1)C1(c2ccccc2)CC1. The number of allylic oxidation sites excluding steroid dienone is 1. The summed E-state index contributed by atoms with van der Waals surface area (Å²) in [5, 5.41) is 1.22. The van der Waals surface area contributed by atoms with Gasteiger partial charge in [0.1, 0.15) is 5.49 Å². The molecule has 2 saturated carbocycles. The molecule has 1 spiro atoms. The average Bonchev–Trinajstić information content (AvgIpc) is 3.70. The first-order valence-corrected chi connectivity index (χ1v) is 11.7. The van der Waals surface area contributed by atoms with Crippen molar-refractivity contribution in [1.82, 2.24) is 14.8 Å². The van der Waals surface area contributed by atoms with Gasteiger partial charge in [0, 0.05) is 54.9 Å². The number of hydrogen-bond donors (Lipinski definition) is 1. The number of hydrogen-bond acceptors (Lipinski definition) is 3. The number of benzene rings is 1. The molecule has 1 amide bonds. The molecule has 6 rings (SSSR count). The molecular formula is C26H30N4O. The van der Waals surface area contributed by atoms with Gasteiger partial charge in [-0.1, -0.05) is 36.4 Å². The third-order valence-electron chi connectivity index (χ3n) is 7.70. The quantitative estimate of drug-likeness (QED) is 0.840. The van der Waals surface area contributed by atoms with Crippen LogP contribution in [0.25, 0.3) is 5.70 Å². The summed E-state index contributed by atoms with van der Waals surface area (Å²) in [6.07, 6.45) is 12.5. The standard InChI is InChI=1S/C26H30N4O/c31-24(26(12-13-26)20-6-2-1-3-7-20)30-17-16-29(18-25(19-30)10-11-25)22-8-4-5-14-27-23-21(22)9-15-28-23/h1-3,5-7,9,14-15H,4,8,10-13,16-19H2,(H,27,28). The van der Waals surface area contributed by atoms with Crippen LogP contribution in [0, 0.1) is 5.41 Å². The van der Waals surface area contributed by atoms with Crippen molar-refractivity contribution in [3.8, 4) is 0 Å². The smallest absolute Gasteiger partial charge is 0.233 e. The lowest BCUT2D eigenvalue weighted by Gasteiger charge is -2.28. The minimum atomic E-state index is -0.266. The van der Waals surface area contributed by atoms with Gasteiger partial charge in [-0.3, -0.25) is 4.79 Å². The first-order chi connectivity index (χ1) is 15.2. The molecule has 3 heterocycles. The largest absolute Gasteiger partial charge is 0.372 e. The van der Waals surface area contributed by atoms with E-state index in [2.05, 4.69) is 56.2 Å². The second-order valence-corrected chi connectivity index (χ2v) is 9.84. The Labute approximate surface area is 183 Å². The van der Waals surface area contributed by atoms with E-state index < -0.39 is 0 Å². The van der Waals surface area contributed by atoms with Gasteiger partial charge in [-0.2, -0.15) is 0 Å². The molecule has 0 bridgehead atoms. The number of carbonyl (C=O) groups is 1. The van der Waals surface area contributed by atoms with Crippen LogP contribution >= 0.6 is 0 Å². The molecule has 0 unspecified atom stereocenters. The van der Waals surface area contributed by atoms with Crippen LogP contribution < -0.4 is 10.7 Å². The highest BCUT2D eigenvalue weighted by molar-refractivity contribution is 5.91. The molecule has 1 saturated heterocycles. The van der Waals surface area contributed by atoms with E-state index in [0.717, 1.165) is 57.4 Å². The van der Waals surface area contributed by atoms with Crippen molar-refractivity contribution in [3.05, 3.63) is 71.1 Å². The van der Waals surface area contributed by atoms with Crippen LogP contribution in [-0.2, 0) is 10.2 Å². The van der Waals surface area contributed by atoms with Crippen molar-refractivity contribution in [2.75, 3.05) is 26.2 Å². The van der Waals surface area contributed by atoms with Gasteiger partial charge in [0.05, 0.1) is 5.41 Å². The zero-order chi connectivity index (χ0) is 20.9. The molecule has 2 aliphatic carbocycles. The Morgan fingerprint density at radius 1 is 1.00 bits per heavy atom. The predicted octanol–water partition coefficient (Wildman–Crippen LogP) is 2.71. The summed E-state index contributed by atoms with van der Waals surface area (Å²) >= 11 is 0. The van der Waals surface area contributed by atoms with Crippen LogP contribution in [0.1, 0.15) is 44.1 Å². The van der Waals surface area contributed by atoms with Gasteiger partial charge < -0.3 is 14.8 Å². The number of fused-ring (bicyclic) bond motifs is 1. The molecule has 31 heavy (non-hydrogen) atoms. The van der Waals surface area contributed by atoms with Crippen molar-refractivity contribution in [2.45, 2.75) is 43.9 Å². The zero-order valence-electron chi connectivity index (χ0n) is 18.0. The number of rotatable bonds is 3. The van der Waals surface area contributed by atoms with Gasteiger partial charge in [0.25, 0.3) is 0 Å². The molecule has 4 aliphatic rings. The fourth-order valence-corrected chi connectivity index (χ4v) is 5.55. The molecule has 1 aromatic carbocycles. The summed E-state index contributed by atoms with van der Waals surface area (Å²) < 4.78 is 0. The maximum atomic E-state index is 13.8. The van der Waals surface area contributed by atoms with Crippen molar-refractivity contribution in [3.63, 3.8) is 0 Å². The van der Waals surface area contributed by atoms with Crippen LogP contribution in [0.2, 0.25) is 0 Å². The summed E-state index contributed by atoms with van der Waals surface area (Å²) in [6, 6.07) is 12.6. The van der Waals surface area contributed by atoms with Crippen LogP contribution in [0.5, 0.6) is 0 Å². The van der Waals surface area contributed by atoms with Gasteiger partial charge >= 0.3 is 0 Å². The first kappa shape index (κ1) is 18.9. The van der Waals surface area contributed by atoms with Crippen LogP contribution in [-0.4, -0.2) is 46.9 Å². The fourth-order valence-electron chi connectivity index (χ4n) is 5.55. The van der Waals surface area contributed by atoms with Gasteiger partial charge in [-0.05, 0) is 50.2 Å². The Kier molecular flexibility index (Phi) is 4.34.